The van der Waals surface area contributed by atoms with Crippen molar-refractivity contribution < 1.29 is 17.6 Å². The Kier molecular flexibility index (Phi) is 4.87. The number of piperazine rings is 1. The second-order valence-electron chi connectivity index (χ2n) is 5.87. The highest BCUT2D eigenvalue weighted by atomic mass is 19.4. The van der Waals surface area contributed by atoms with Gasteiger partial charge in [-0.05, 0) is 35.4 Å². The van der Waals surface area contributed by atoms with Crippen molar-refractivity contribution in [2.45, 2.75) is 12.2 Å². The fraction of sp³-hybridized carbons (Fsp3) is 0.333. The Balaban J connectivity index is 2.04. The van der Waals surface area contributed by atoms with E-state index in [4.69, 9.17) is 0 Å². The molecule has 0 amide bonds. The van der Waals surface area contributed by atoms with E-state index in [9.17, 15) is 17.6 Å². The molecule has 1 fully saturated rings. The Labute approximate surface area is 138 Å². The lowest BCUT2D eigenvalue weighted by molar-refractivity contribution is -0.137. The van der Waals surface area contributed by atoms with E-state index >= 15 is 0 Å². The van der Waals surface area contributed by atoms with Gasteiger partial charge in [0.05, 0.1) is 11.6 Å². The number of rotatable bonds is 3. The van der Waals surface area contributed by atoms with Crippen LogP contribution in [0.5, 0.6) is 0 Å². The summed E-state index contributed by atoms with van der Waals surface area (Å²) in [6.45, 7) is 2.89. The molecule has 2 nitrogen and oxygen atoms in total. The monoisotopic (exact) mass is 338 g/mol. The summed E-state index contributed by atoms with van der Waals surface area (Å²) >= 11 is 0. The zero-order chi connectivity index (χ0) is 17.2. The highest BCUT2D eigenvalue weighted by Gasteiger charge is 2.32. The Bertz CT molecular complexity index is 693. The summed E-state index contributed by atoms with van der Waals surface area (Å²) < 4.78 is 52.8. The number of alkyl halides is 3. The van der Waals surface area contributed by atoms with Crippen molar-refractivity contribution in [1.29, 1.82) is 0 Å². The van der Waals surface area contributed by atoms with Gasteiger partial charge < -0.3 is 5.32 Å². The lowest BCUT2D eigenvalue weighted by atomic mass is 9.95. The molecule has 0 saturated carbocycles. The molecule has 1 heterocycles. The topological polar surface area (TPSA) is 15.3 Å². The van der Waals surface area contributed by atoms with Crippen LogP contribution in [0.3, 0.4) is 0 Å². The average molecular weight is 338 g/mol. The van der Waals surface area contributed by atoms with E-state index in [2.05, 4.69) is 10.2 Å². The molecule has 1 N–H and O–H groups in total. The first-order valence-corrected chi connectivity index (χ1v) is 7.82. The summed E-state index contributed by atoms with van der Waals surface area (Å²) in [5, 5.41) is 3.22. The lowest BCUT2D eigenvalue weighted by Gasteiger charge is -2.35. The second kappa shape index (κ2) is 6.91. The maximum Gasteiger partial charge on any atom is 0.416 e. The fourth-order valence-electron chi connectivity index (χ4n) is 3.12. The molecule has 0 radical (unpaired) electrons. The van der Waals surface area contributed by atoms with Crippen molar-refractivity contribution in [3.8, 4) is 0 Å². The smallest absolute Gasteiger partial charge is 0.314 e. The van der Waals surface area contributed by atoms with Crippen LogP contribution < -0.4 is 5.32 Å². The van der Waals surface area contributed by atoms with Crippen molar-refractivity contribution >= 4 is 0 Å². The van der Waals surface area contributed by atoms with E-state index in [1.807, 2.05) is 0 Å². The number of benzene rings is 2. The van der Waals surface area contributed by atoms with E-state index in [0.717, 1.165) is 25.2 Å². The zero-order valence-corrected chi connectivity index (χ0v) is 13.0. The van der Waals surface area contributed by atoms with Crippen molar-refractivity contribution in [2.24, 2.45) is 0 Å². The van der Waals surface area contributed by atoms with E-state index in [1.54, 1.807) is 18.2 Å². The second-order valence-corrected chi connectivity index (χ2v) is 5.87. The molecular formula is C18H18F4N2. The van der Waals surface area contributed by atoms with Gasteiger partial charge in [-0.3, -0.25) is 4.90 Å². The molecule has 24 heavy (non-hydrogen) atoms. The number of halogens is 4. The number of nitrogens with one attached hydrogen (secondary N) is 1. The van der Waals surface area contributed by atoms with Crippen LogP contribution in [-0.2, 0) is 6.18 Å². The SMILES string of the molecule is Fc1cccc(C(c2cccc(C(F)(F)F)c2)N2CCNCC2)c1. The van der Waals surface area contributed by atoms with Gasteiger partial charge in [0.2, 0.25) is 0 Å². The van der Waals surface area contributed by atoms with Crippen LogP contribution in [0, 0.1) is 5.82 Å². The first-order chi connectivity index (χ1) is 11.4. The molecule has 1 atom stereocenters. The normalized spacial score (nSPS) is 17.7. The summed E-state index contributed by atoms with van der Waals surface area (Å²) in [4.78, 5) is 2.08. The molecule has 1 aliphatic heterocycles. The molecular weight excluding hydrogens is 320 g/mol. The zero-order valence-electron chi connectivity index (χ0n) is 13.0. The molecule has 0 aromatic heterocycles. The van der Waals surface area contributed by atoms with Gasteiger partial charge in [0, 0.05) is 26.2 Å². The van der Waals surface area contributed by atoms with E-state index < -0.39 is 17.8 Å². The molecule has 128 valence electrons. The quantitative estimate of drug-likeness (QED) is 0.856. The Morgan fingerprint density at radius 1 is 0.917 bits per heavy atom. The average Bonchev–Trinajstić information content (AvgIpc) is 2.56. The Morgan fingerprint density at radius 3 is 2.17 bits per heavy atom. The fourth-order valence-corrected chi connectivity index (χ4v) is 3.12. The number of hydrogen-bond acceptors (Lipinski definition) is 2. The summed E-state index contributed by atoms with van der Waals surface area (Å²) in [7, 11) is 0. The largest absolute Gasteiger partial charge is 0.416 e. The summed E-state index contributed by atoms with van der Waals surface area (Å²) in [5.74, 6) is -0.389. The third kappa shape index (κ3) is 3.76. The van der Waals surface area contributed by atoms with Crippen LogP contribution >= 0.6 is 0 Å². The van der Waals surface area contributed by atoms with Crippen molar-refractivity contribution in [3.05, 3.63) is 71.0 Å². The van der Waals surface area contributed by atoms with Gasteiger partial charge >= 0.3 is 6.18 Å². The van der Waals surface area contributed by atoms with Crippen LogP contribution in [-0.4, -0.2) is 31.1 Å². The van der Waals surface area contributed by atoms with Crippen LogP contribution in [0.15, 0.2) is 48.5 Å². The summed E-state index contributed by atoms with van der Waals surface area (Å²) in [6, 6.07) is 11.0. The van der Waals surface area contributed by atoms with Gasteiger partial charge in [-0.1, -0.05) is 24.3 Å². The van der Waals surface area contributed by atoms with Crippen LogP contribution in [0.1, 0.15) is 22.7 Å². The summed E-state index contributed by atoms with van der Waals surface area (Å²) in [6.07, 6.45) is -4.40. The standard InChI is InChI=1S/C18H18F4N2/c19-16-6-2-4-14(12-16)17(24-9-7-23-8-10-24)13-3-1-5-15(11-13)18(20,21)22/h1-6,11-12,17,23H,7-10H2. The maximum absolute atomic E-state index is 13.7. The maximum atomic E-state index is 13.7. The first-order valence-electron chi connectivity index (χ1n) is 7.82. The predicted molar refractivity (Wildman–Crippen MR) is 84.1 cm³/mol. The molecule has 2 aromatic rings. The van der Waals surface area contributed by atoms with Crippen LogP contribution in [0.4, 0.5) is 17.6 Å². The molecule has 6 heteroatoms. The number of nitrogens with zero attached hydrogens (tertiary/aromatic N) is 1. The van der Waals surface area contributed by atoms with E-state index in [-0.39, 0.29) is 5.82 Å². The molecule has 0 aliphatic carbocycles. The molecule has 1 aliphatic rings. The highest BCUT2D eigenvalue weighted by molar-refractivity contribution is 5.35. The third-order valence-electron chi connectivity index (χ3n) is 4.21. The predicted octanol–water partition coefficient (Wildman–Crippen LogP) is 3.84. The number of hydrogen-bond donors (Lipinski definition) is 1. The minimum absolute atomic E-state index is 0.389. The van der Waals surface area contributed by atoms with E-state index in [0.29, 0.717) is 24.2 Å². The molecule has 1 unspecified atom stereocenters. The first kappa shape index (κ1) is 16.9. The van der Waals surface area contributed by atoms with Gasteiger partial charge in [-0.25, -0.2) is 4.39 Å². The molecule has 1 saturated heterocycles. The minimum Gasteiger partial charge on any atom is -0.314 e. The van der Waals surface area contributed by atoms with Crippen molar-refractivity contribution in [2.75, 3.05) is 26.2 Å². The third-order valence-corrected chi connectivity index (χ3v) is 4.21. The van der Waals surface area contributed by atoms with Crippen LogP contribution in [0.2, 0.25) is 0 Å². The lowest BCUT2D eigenvalue weighted by Crippen LogP contribution is -2.45. The molecule has 0 spiro atoms. The molecule has 2 aromatic carbocycles. The van der Waals surface area contributed by atoms with Crippen LogP contribution in [0.25, 0.3) is 0 Å². The van der Waals surface area contributed by atoms with Gasteiger partial charge in [0.1, 0.15) is 5.82 Å². The van der Waals surface area contributed by atoms with Gasteiger partial charge in [-0.15, -0.1) is 0 Å². The Hall–Kier alpha value is -1.92. The Morgan fingerprint density at radius 2 is 1.54 bits per heavy atom. The van der Waals surface area contributed by atoms with Gasteiger partial charge in [0.25, 0.3) is 0 Å². The summed E-state index contributed by atoms with van der Waals surface area (Å²) in [5.41, 5.74) is 0.505. The van der Waals surface area contributed by atoms with Crippen molar-refractivity contribution in [3.63, 3.8) is 0 Å². The van der Waals surface area contributed by atoms with Gasteiger partial charge in [-0.2, -0.15) is 13.2 Å². The molecule has 3 rings (SSSR count). The van der Waals surface area contributed by atoms with Gasteiger partial charge in [0.15, 0.2) is 0 Å². The highest BCUT2D eigenvalue weighted by Crippen LogP contribution is 2.34. The van der Waals surface area contributed by atoms with E-state index in [1.165, 1.54) is 18.2 Å². The van der Waals surface area contributed by atoms with Crippen molar-refractivity contribution in [1.82, 2.24) is 10.2 Å². The molecule has 0 bridgehead atoms. The minimum atomic E-state index is -4.40.